The van der Waals surface area contributed by atoms with Gasteiger partial charge >= 0.3 is 5.97 Å². The third kappa shape index (κ3) is 4.48. The van der Waals surface area contributed by atoms with Crippen molar-refractivity contribution < 1.29 is 9.53 Å². The van der Waals surface area contributed by atoms with Crippen LogP contribution in [0.2, 0.25) is 0 Å². The molecule has 0 saturated carbocycles. The summed E-state index contributed by atoms with van der Waals surface area (Å²) in [5.41, 5.74) is 2.05. The van der Waals surface area contributed by atoms with Crippen LogP contribution in [-0.2, 0) is 16.0 Å². The van der Waals surface area contributed by atoms with Crippen LogP contribution in [0.25, 0.3) is 10.9 Å². The molecule has 2 rings (SSSR count). The van der Waals surface area contributed by atoms with E-state index < -0.39 is 0 Å². The fourth-order valence-electron chi connectivity index (χ4n) is 2.65. The monoisotopic (exact) mass is 299 g/mol. The lowest BCUT2D eigenvalue weighted by atomic mass is 10.1. The van der Waals surface area contributed by atoms with E-state index in [1.165, 1.54) is 12.8 Å². The fourth-order valence-corrected chi connectivity index (χ4v) is 2.65. The van der Waals surface area contributed by atoms with E-state index >= 15 is 0 Å². The first kappa shape index (κ1) is 16.3. The molecule has 0 spiro atoms. The molecule has 1 atom stereocenters. The summed E-state index contributed by atoms with van der Waals surface area (Å²) in [5.74, 6) is -0.163. The van der Waals surface area contributed by atoms with E-state index in [1.54, 1.807) is 0 Å². The molecule has 1 heterocycles. The van der Waals surface area contributed by atoms with Crippen molar-refractivity contribution in [1.82, 2.24) is 4.98 Å². The molecule has 1 aromatic heterocycles. The minimum absolute atomic E-state index is 0.103. The summed E-state index contributed by atoms with van der Waals surface area (Å²) in [4.78, 5) is 15.4. The van der Waals surface area contributed by atoms with E-state index in [0.29, 0.717) is 6.42 Å². The van der Waals surface area contributed by atoms with E-state index in [2.05, 4.69) is 11.9 Å². The molecule has 1 aromatic carbocycles. The quantitative estimate of drug-likeness (QED) is 0.433. The van der Waals surface area contributed by atoms with Crippen molar-refractivity contribution in [2.75, 3.05) is 0 Å². The molecule has 0 fully saturated rings. The summed E-state index contributed by atoms with van der Waals surface area (Å²) in [6.07, 6.45) is 10.4. The number of H-pyrrole nitrogens is 1. The molecule has 0 bridgehead atoms. The molecule has 0 radical (unpaired) electrons. The van der Waals surface area contributed by atoms with E-state index in [-0.39, 0.29) is 12.1 Å². The van der Waals surface area contributed by atoms with Gasteiger partial charge in [-0.1, -0.05) is 44.0 Å². The lowest BCUT2D eigenvalue weighted by Crippen LogP contribution is -2.17. The maximum Gasteiger partial charge on any atom is 0.310 e. The van der Waals surface area contributed by atoms with Gasteiger partial charge in [-0.3, -0.25) is 4.79 Å². The first-order valence-electron chi connectivity index (χ1n) is 8.12. The molecule has 0 amide bonds. The lowest BCUT2D eigenvalue weighted by Gasteiger charge is -2.14. The second kappa shape index (κ2) is 8.42. The van der Waals surface area contributed by atoms with E-state index in [4.69, 9.17) is 4.74 Å². The number of rotatable bonds is 8. The third-order valence-electron chi connectivity index (χ3n) is 3.79. The van der Waals surface area contributed by atoms with E-state index in [9.17, 15) is 4.79 Å². The van der Waals surface area contributed by atoms with Gasteiger partial charge in [-0.2, -0.15) is 0 Å². The highest BCUT2D eigenvalue weighted by Gasteiger charge is 2.14. The zero-order valence-corrected chi connectivity index (χ0v) is 13.5. The Morgan fingerprint density at radius 3 is 2.91 bits per heavy atom. The summed E-state index contributed by atoms with van der Waals surface area (Å²) >= 11 is 0. The SMILES string of the molecule is C/C=C/C(CCCCC)OC(=O)Cc1c[nH]c2ccccc12. The first-order chi connectivity index (χ1) is 10.7. The standard InChI is InChI=1S/C19H25NO2/c1-3-5-6-10-16(9-4-2)22-19(21)13-15-14-20-18-12-8-7-11-17(15)18/h4,7-9,11-12,14,16,20H,3,5-6,10,13H2,1-2H3/b9-4+. The second-order valence-electron chi connectivity index (χ2n) is 5.59. The molecule has 1 N–H and O–H groups in total. The molecular weight excluding hydrogens is 274 g/mol. The average molecular weight is 299 g/mol. The minimum atomic E-state index is -0.163. The van der Waals surface area contributed by atoms with Gasteiger partial charge in [-0.25, -0.2) is 0 Å². The van der Waals surface area contributed by atoms with Crippen LogP contribution < -0.4 is 0 Å². The van der Waals surface area contributed by atoms with Crippen molar-refractivity contribution in [2.24, 2.45) is 0 Å². The highest BCUT2D eigenvalue weighted by atomic mass is 16.5. The number of ether oxygens (including phenoxy) is 1. The number of aromatic nitrogens is 1. The van der Waals surface area contributed by atoms with Gasteiger partial charge in [-0.15, -0.1) is 0 Å². The number of para-hydroxylation sites is 1. The van der Waals surface area contributed by atoms with Crippen LogP contribution >= 0.6 is 0 Å². The number of aromatic amines is 1. The molecule has 118 valence electrons. The first-order valence-corrected chi connectivity index (χ1v) is 8.12. The molecule has 3 nitrogen and oxygen atoms in total. The van der Waals surface area contributed by atoms with Crippen LogP contribution in [-0.4, -0.2) is 17.1 Å². The van der Waals surface area contributed by atoms with E-state index in [1.807, 2.05) is 49.5 Å². The molecular formula is C19H25NO2. The number of allylic oxidation sites excluding steroid dienone is 1. The van der Waals surface area contributed by atoms with Crippen LogP contribution in [0, 0.1) is 0 Å². The van der Waals surface area contributed by atoms with Gasteiger partial charge in [0.15, 0.2) is 0 Å². The van der Waals surface area contributed by atoms with Gasteiger partial charge in [0.25, 0.3) is 0 Å². The van der Waals surface area contributed by atoms with Crippen LogP contribution in [0.4, 0.5) is 0 Å². The highest BCUT2D eigenvalue weighted by Crippen LogP contribution is 2.19. The Labute approximate surface area is 132 Å². The fraction of sp³-hybridized carbons (Fsp3) is 0.421. The molecule has 0 aliphatic carbocycles. The normalized spacial score (nSPS) is 12.8. The molecule has 0 aliphatic rings. The summed E-state index contributed by atoms with van der Waals surface area (Å²) < 4.78 is 5.62. The third-order valence-corrected chi connectivity index (χ3v) is 3.79. The maximum absolute atomic E-state index is 12.2. The predicted octanol–water partition coefficient (Wildman–Crippen LogP) is 4.78. The number of hydrogen-bond acceptors (Lipinski definition) is 2. The molecule has 0 aliphatic heterocycles. The van der Waals surface area contributed by atoms with Crippen molar-refractivity contribution in [2.45, 2.75) is 52.1 Å². The van der Waals surface area contributed by atoms with Crippen LogP contribution in [0.3, 0.4) is 0 Å². The van der Waals surface area contributed by atoms with Crippen LogP contribution in [0.5, 0.6) is 0 Å². The molecule has 22 heavy (non-hydrogen) atoms. The van der Waals surface area contributed by atoms with Gasteiger partial charge in [0.05, 0.1) is 6.42 Å². The summed E-state index contributed by atoms with van der Waals surface area (Å²) in [7, 11) is 0. The van der Waals surface area contributed by atoms with Crippen molar-refractivity contribution in [3.8, 4) is 0 Å². The molecule has 0 saturated heterocycles. The van der Waals surface area contributed by atoms with Crippen molar-refractivity contribution >= 4 is 16.9 Å². The minimum Gasteiger partial charge on any atom is -0.458 e. The zero-order chi connectivity index (χ0) is 15.8. The van der Waals surface area contributed by atoms with Gasteiger partial charge < -0.3 is 9.72 Å². The van der Waals surface area contributed by atoms with Crippen LogP contribution in [0.15, 0.2) is 42.6 Å². The number of unbranched alkanes of at least 4 members (excludes halogenated alkanes) is 2. The number of esters is 1. The summed E-state index contributed by atoms with van der Waals surface area (Å²) in [6.45, 7) is 4.13. The Balaban J connectivity index is 1.95. The Bertz CT molecular complexity index is 627. The number of hydrogen-bond donors (Lipinski definition) is 1. The van der Waals surface area contributed by atoms with Gasteiger partial charge in [-0.05, 0) is 37.5 Å². The number of carbonyl (C=O) groups is 1. The Morgan fingerprint density at radius 2 is 2.14 bits per heavy atom. The zero-order valence-electron chi connectivity index (χ0n) is 13.5. The summed E-state index contributed by atoms with van der Waals surface area (Å²) in [6, 6.07) is 8.01. The predicted molar refractivity (Wildman–Crippen MR) is 90.8 cm³/mol. The number of benzene rings is 1. The van der Waals surface area contributed by atoms with Gasteiger partial charge in [0.2, 0.25) is 0 Å². The molecule has 1 unspecified atom stereocenters. The topological polar surface area (TPSA) is 42.1 Å². The van der Waals surface area contributed by atoms with Crippen LogP contribution in [0.1, 0.15) is 45.1 Å². The Kier molecular flexibility index (Phi) is 6.26. The van der Waals surface area contributed by atoms with Gasteiger partial charge in [0, 0.05) is 17.1 Å². The number of nitrogens with one attached hydrogen (secondary N) is 1. The summed E-state index contributed by atoms with van der Waals surface area (Å²) in [5, 5.41) is 1.09. The molecule has 3 heteroatoms. The lowest BCUT2D eigenvalue weighted by molar-refractivity contribution is -0.146. The van der Waals surface area contributed by atoms with Crippen molar-refractivity contribution in [1.29, 1.82) is 0 Å². The van der Waals surface area contributed by atoms with Crippen molar-refractivity contribution in [3.05, 3.63) is 48.2 Å². The van der Waals surface area contributed by atoms with Gasteiger partial charge in [0.1, 0.15) is 6.10 Å². The smallest absolute Gasteiger partial charge is 0.310 e. The van der Waals surface area contributed by atoms with Crippen molar-refractivity contribution in [3.63, 3.8) is 0 Å². The number of carbonyl (C=O) groups excluding carboxylic acids is 1. The Morgan fingerprint density at radius 1 is 1.32 bits per heavy atom. The highest BCUT2D eigenvalue weighted by molar-refractivity contribution is 5.87. The largest absolute Gasteiger partial charge is 0.458 e. The Hall–Kier alpha value is -2.03. The molecule has 2 aromatic rings. The van der Waals surface area contributed by atoms with E-state index in [0.717, 1.165) is 29.3 Å². The second-order valence-corrected chi connectivity index (χ2v) is 5.59. The maximum atomic E-state index is 12.2. The average Bonchev–Trinajstić information content (AvgIpc) is 2.91. The number of fused-ring (bicyclic) bond motifs is 1.